The van der Waals surface area contributed by atoms with Gasteiger partial charge in [-0.3, -0.25) is 14.9 Å². The summed E-state index contributed by atoms with van der Waals surface area (Å²) in [6.07, 6.45) is 1.24. The Balaban J connectivity index is 1.69. The number of rotatable bonds is 6. The molecule has 1 fully saturated rings. The van der Waals surface area contributed by atoms with Crippen LogP contribution >= 0.6 is 34.8 Å². The average Bonchev–Trinajstić information content (AvgIpc) is 2.85. The van der Waals surface area contributed by atoms with Crippen molar-refractivity contribution in [3.8, 4) is 5.75 Å². The molecule has 0 saturated carbocycles. The van der Waals surface area contributed by atoms with Crippen LogP contribution in [-0.2, 0) is 20.9 Å². The minimum absolute atomic E-state index is 0.0926. The molecular weight excluding hydrogens is 543 g/mol. The number of imide groups is 2. The topological polar surface area (TPSA) is 102 Å². The summed E-state index contributed by atoms with van der Waals surface area (Å²) in [5.74, 6) is -2.21. The molecule has 1 aliphatic rings. The van der Waals surface area contributed by atoms with Crippen LogP contribution in [0.25, 0.3) is 6.08 Å². The first-order valence-corrected chi connectivity index (χ1v) is 11.8. The van der Waals surface area contributed by atoms with E-state index in [0.29, 0.717) is 5.02 Å². The predicted molar refractivity (Wildman–Crippen MR) is 139 cm³/mol. The van der Waals surface area contributed by atoms with Gasteiger partial charge in [0.1, 0.15) is 17.9 Å². The van der Waals surface area contributed by atoms with Crippen LogP contribution in [-0.4, -0.2) is 30.9 Å². The molecule has 4 rings (SSSR count). The van der Waals surface area contributed by atoms with Crippen LogP contribution in [0, 0.1) is 0 Å². The van der Waals surface area contributed by atoms with E-state index in [2.05, 4.69) is 10.1 Å². The van der Waals surface area contributed by atoms with Gasteiger partial charge in [0, 0.05) is 15.6 Å². The molecule has 188 valence electrons. The minimum Gasteiger partial charge on any atom is -0.487 e. The van der Waals surface area contributed by atoms with Gasteiger partial charge in [0.15, 0.2) is 0 Å². The Morgan fingerprint density at radius 2 is 1.70 bits per heavy atom. The van der Waals surface area contributed by atoms with Crippen molar-refractivity contribution >= 4 is 70.4 Å². The Labute approximate surface area is 226 Å². The third-order valence-corrected chi connectivity index (χ3v) is 5.99. The van der Waals surface area contributed by atoms with Gasteiger partial charge < -0.3 is 9.47 Å². The highest BCUT2D eigenvalue weighted by Gasteiger charge is 2.37. The molecule has 1 saturated heterocycles. The summed E-state index contributed by atoms with van der Waals surface area (Å²) >= 11 is 18.6. The van der Waals surface area contributed by atoms with E-state index in [-0.39, 0.29) is 44.8 Å². The van der Waals surface area contributed by atoms with Gasteiger partial charge in [-0.25, -0.2) is 14.5 Å². The van der Waals surface area contributed by atoms with E-state index in [9.17, 15) is 19.2 Å². The number of urea groups is 1. The lowest BCUT2D eigenvalue weighted by Crippen LogP contribution is -2.54. The summed E-state index contributed by atoms with van der Waals surface area (Å²) in [4.78, 5) is 50.9. The third-order valence-electron chi connectivity index (χ3n) is 5.26. The molecular formula is C26H17Cl3N2O6. The number of nitrogens with zero attached hydrogens (tertiary/aromatic N) is 1. The van der Waals surface area contributed by atoms with E-state index in [1.54, 1.807) is 24.3 Å². The zero-order valence-corrected chi connectivity index (χ0v) is 21.4. The smallest absolute Gasteiger partial charge is 0.337 e. The molecule has 1 aliphatic heterocycles. The Morgan fingerprint density at radius 1 is 0.973 bits per heavy atom. The highest BCUT2D eigenvalue weighted by molar-refractivity contribution is 6.40. The molecule has 0 aliphatic carbocycles. The maximum absolute atomic E-state index is 13.3. The number of nitrogens with one attached hydrogen (secondary N) is 1. The van der Waals surface area contributed by atoms with Crippen molar-refractivity contribution in [2.24, 2.45) is 0 Å². The van der Waals surface area contributed by atoms with Gasteiger partial charge in [-0.1, -0.05) is 46.9 Å². The zero-order chi connectivity index (χ0) is 26.7. The van der Waals surface area contributed by atoms with Crippen LogP contribution in [0.3, 0.4) is 0 Å². The van der Waals surface area contributed by atoms with E-state index in [0.717, 1.165) is 10.5 Å². The molecule has 0 unspecified atom stereocenters. The summed E-state index contributed by atoms with van der Waals surface area (Å²) in [5, 5.41) is 3.05. The first kappa shape index (κ1) is 26.2. The Morgan fingerprint density at radius 3 is 2.38 bits per heavy atom. The highest BCUT2D eigenvalue weighted by Crippen LogP contribution is 2.35. The van der Waals surface area contributed by atoms with Gasteiger partial charge in [0.2, 0.25) is 0 Å². The average molecular weight is 560 g/mol. The van der Waals surface area contributed by atoms with Gasteiger partial charge in [0.25, 0.3) is 11.8 Å². The molecule has 3 aromatic rings. The fourth-order valence-electron chi connectivity index (χ4n) is 3.53. The fourth-order valence-corrected chi connectivity index (χ4v) is 4.31. The molecule has 8 nitrogen and oxygen atoms in total. The van der Waals surface area contributed by atoms with Crippen LogP contribution in [0.2, 0.25) is 15.1 Å². The molecule has 0 aromatic heterocycles. The number of benzene rings is 3. The molecule has 4 amide bonds. The standard InChI is InChI=1S/C26H17Cl3N2O6/c1-36-25(34)15-5-7-19(8-6-15)31-24(33)20(23(32)30-26(31)35)11-16-10-18(28)12-21(29)22(16)37-13-14-3-2-4-17(27)9-14/h2-12H,13H2,1H3,(H,30,32,35)/b20-11+. The number of anilines is 1. The van der Waals surface area contributed by atoms with E-state index in [1.807, 2.05) is 0 Å². The Bertz CT molecular complexity index is 1450. The van der Waals surface area contributed by atoms with Gasteiger partial charge >= 0.3 is 12.0 Å². The Hall–Kier alpha value is -3.85. The lowest BCUT2D eigenvalue weighted by Gasteiger charge is -2.26. The maximum atomic E-state index is 13.3. The predicted octanol–water partition coefficient (Wildman–Crippen LogP) is 5.68. The van der Waals surface area contributed by atoms with Crippen molar-refractivity contribution in [1.82, 2.24) is 5.32 Å². The van der Waals surface area contributed by atoms with E-state index < -0.39 is 23.8 Å². The molecule has 37 heavy (non-hydrogen) atoms. The van der Waals surface area contributed by atoms with Crippen molar-refractivity contribution in [3.63, 3.8) is 0 Å². The number of methoxy groups -OCH3 is 1. The number of esters is 1. The van der Waals surface area contributed by atoms with E-state index >= 15 is 0 Å². The lowest BCUT2D eigenvalue weighted by atomic mass is 10.1. The summed E-state index contributed by atoms with van der Waals surface area (Å²) in [6, 6.07) is 14.5. The molecule has 0 radical (unpaired) electrons. The summed E-state index contributed by atoms with van der Waals surface area (Å²) in [7, 11) is 1.23. The number of ether oxygens (including phenoxy) is 2. The lowest BCUT2D eigenvalue weighted by molar-refractivity contribution is -0.122. The SMILES string of the molecule is COC(=O)c1ccc(N2C(=O)NC(=O)/C(=C\c3cc(Cl)cc(Cl)c3OCc3cccc(Cl)c3)C2=O)cc1. The van der Waals surface area contributed by atoms with E-state index in [4.69, 9.17) is 39.5 Å². The highest BCUT2D eigenvalue weighted by atomic mass is 35.5. The van der Waals surface area contributed by atoms with Crippen molar-refractivity contribution in [2.45, 2.75) is 6.61 Å². The van der Waals surface area contributed by atoms with Crippen molar-refractivity contribution < 1.29 is 28.7 Å². The molecule has 0 atom stereocenters. The molecule has 1 heterocycles. The number of amides is 4. The summed E-state index contributed by atoms with van der Waals surface area (Å²) < 4.78 is 10.5. The second kappa shape index (κ2) is 11.0. The fraction of sp³-hybridized carbons (Fsp3) is 0.0769. The summed E-state index contributed by atoms with van der Waals surface area (Å²) in [6.45, 7) is 0.0926. The monoisotopic (exact) mass is 558 g/mol. The zero-order valence-electron chi connectivity index (χ0n) is 19.1. The van der Waals surface area contributed by atoms with Crippen molar-refractivity contribution in [3.05, 3.63) is 98.0 Å². The molecule has 3 aromatic carbocycles. The van der Waals surface area contributed by atoms with Gasteiger partial charge in [0.05, 0.1) is 23.4 Å². The minimum atomic E-state index is -0.945. The van der Waals surface area contributed by atoms with Crippen molar-refractivity contribution in [1.29, 1.82) is 0 Å². The van der Waals surface area contributed by atoms with Crippen LogP contribution in [0.5, 0.6) is 5.75 Å². The first-order valence-electron chi connectivity index (χ1n) is 10.6. The number of hydrogen-bond acceptors (Lipinski definition) is 6. The largest absolute Gasteiger partial charge is 0.487 e. The Kier molecular flexibility index (Phi) is 7.83. The quantitative estimate of drug-likeness (QED) is 0.237. The third kappa shape index (κ3) is 5.77. The number of barbiturate groups is 1. The number of hydrogen-bond donors (Lipinski definition) is 1. The molecule has 0 bridgehead atoms. The van der Waals surface area contributed by atoms with Crippen LogP contribution < -0.4 is 15.0 Å². The van der Waals surface area contributed by atoms with E-state index in [1.165, 1.54) is 49.6 Å². The van der Waals surface area contributed by atoms with Crippen LogP contribution in [0.1, 0.15) is 21.5 Å². The number of carbonyl (C=O) groups excluding carboxylic acids is 4. The maximum Gasteiger partial charge on any atom is 0.337 e. The molecule has 1 N–H and O–H groups in total. The normalized spacial score (nSPS) is 14.5. The van der Waals surface area contributed by atoms with Gasteiger partial charge in [-0.2, -0.15) is 0 Å². The van der Waals surface area contributed by atoms with Crippen molar-refractivity contribution in [2.75, 3.05) is 12.0 Å². The second-order valence-electron chi connectivity index (χ2n) is 7.72. The number of carbonyl (C=O) groups is 4. The molecule has 11 heteroatoms. The van der Waals surface area contributed by atoms with Crippen LogP contribution in [0.15, 0.2) is 66.2 Å². The number of halogens is 3. The second-order valence-corrected chi connectivity index (χ2v) is 9.00. The van der Waals surface area contributed by atoms with Gasteiger partial charge in [-0.15, -0.1) is 0 Å². The first-order chi connectivity index (χ1) is 17.7. The summed E-state index contributed by atoms with van der Waals surface area (Å²) in [5.41, 5.74) is 1.000. The molecule has 0 spiro atoms. The van der Waals surface area contributed by atoms with Crippen LogP contribution in [0.4, 0.5) is 10.5 Å². The van der Waals surface area contributed by atoms with Gasteiger partial charge in [-0.05, 0) is 60.2 Å².